The molecule has 1 aliphatic rings. The molecule has 4 nitrogen and oxygen atoms in total. The molecule has 1 aliphatic heterocycles. The molecule has 4 rings (SSSR count). The Morgan fingerprint density at radius 1 is 1.12 bits per heavy atom. The van der Waals surface area contributed by atoms with Crippen molar-refractivity contribution in [1.82, 2.24) is 15.2 Å². The van der Waals surface area contributed by atoms with Crippen LogP contribution in [0.1, 0.15) is 40.5 Å². The Balaban J connectivity index is 1.51. The Hall–Kier alpha value is -2.72. The molecule has 132 valence electrons. The molecule has 2 aromatic carbocycles. The van der Waals surface area contributed by atoms with E-state index >= 15 is 0 Å². The number of aromatic nitrogens is 1. The number of amides is 1. The van der Waals surface area contributed by atoms with Gasteiger partial charge in [0.1, 0.15) is 0 Å². The highest BCUT2D eigenvalue weighted by molar-refractivity contribution is 5.95. The van der Waals surface area contributed by atoms with Crippen molar-refractivity contribution in [1.29, 1.82) is 0 Å². The maximum atomic E-state index is 12.8. The first-order valence-corrected chi connectivity index (χ1v) is 9.14. The highest BCUT2D eigenvalue weighted by atomic mass is 16.1. The summed E-state index contributed by atoms with van der Waals surface area (Å²) in [5, 5.41) is 4.15. The fraction of sp³-hybridized carbons (Fsp3) is 0.273. The van der Waals surface area contributed by atoms with Crippen LogP contribution < -0.4 is 5.32 Å². The normalized spacial score (nSPS) is 17.5. The number of para-hydroxylation sites is 1. The van der Waals surface area contributed by atoms with Crippen LogP contribution in [0.2, 0.25) is 0 Å². The van der Waals surface area contributed by atoms with E-state index in [0.29, 0.717) is 12.6 Å². The van der Waals surface area contributed by atoms with Gasteiger partial charge >= 0.3 is 0 Å². The van der Waals surface area contributed by atoms with Crippen molar-refractivity contribution in [2.75, 3.05) is 13.6 Å². The van der Waals surface area contributed by atoms with Gasteiger partial charge in [0.2, 0.25) is 0 Å². The minimum Gasteiger partial charge on any atom is -0.346 e. The summed E-state index contributed by atoms with van der Waals surface area (Å²) in [6.45, 7) is 1.51. The lowest BCUT2D eigenvalue weighted by Gasteiger charge is -2.22. The zero-order valence-electron chi connectivity index (χ0n) is 15.0. The number of benzene rings is 2. The molecule has 4 heteroatoms. The van der Waals surface area contributed by atoms with Gasteiger partial charge in [-0.1, -0.05) is 42.5 Å². The standard InChI is InChI=1S/C22H23N3O/c1-25-14-6-11-21(25)18-8-3-4-9-19(18)22(26)23-15-17-13-12-16-7-2-5-10-20(16)24-17/h2-5,7-10,12-13,21H,6,11,14-15H2,1H3,(H,23,26). The van der Waals surface area contributed by atoms with Gasteiger partial charge in [0, 0.05) is 17.0 Å². The summed E-state index contributed by atoms with van der Waals surface area (Å²) in [5.41, 5.74) is 3.71. The van der Waals surface area contributed by atoms with E-state index < -0.39 is 0 Å². The largest absolute Gasteiger partial charge is 0.346 e. The Morgan fingerprint density at radius 2 is 1.92 bits per heavy atom. The SMILES string of the molecule is CN1CCCC1c1ccccc1C(=O)NCc1ccc2ccccc2n1. The first-order valence-electron chi connectivity index (χ1n) is 9.14. The predicted octanol–water partition coefficient (Wildman–Crippen LogP) is 3.93. The van der Waals surface area contributed by atoms with E-state index in [2.05, 4.69) is 28.3 Å². The first-order chi connectivity index (χ1) is 12.7. The lowest BCUT2D eigenvalue weighted by atomic mass is 9.98. The molecule has 0 bridgehead atoms. The molecule has 0 aliphatic carbocycles. The number of rotatable bonds is 4. The van der Waals surface area contributed by atoms with Gasteiger partial charge in [0.25, 0.3) is 5.91 Å². The summed E-state index contributed by atoms with van der Waals surface area (Å²) in [4.78, 5) is 19.8. The molecule has 1 amide bonds. The number of likely N-dealkylation sites (tertiary alicyclic amines) is 1. The van der Waals surface area contributed by atoms with Crippen molar-refractivity contribution in [3.05, 3.63) is 77.5 Å². The van der Waals surface area contributed by atoms with Gasteiger partial charge in [-0.25, -0.2) is 0 Å². The van der Waals surface area contributed by atoms with Crippen molar-refractivity contribution in [3.8, 4) is 0 Å². The van der Waals surface area contributed by atoms with Crippen LogP contribution in [0.3, 0.4) is 0 Å². The van der Waals surface area contributed by atoms with E-state index in [1.165, 1.54) is 6.42 Å². The molecule has 26 heavy (non-hydrogen) atoms. The second-order valence-electron chi connectivity index (χ2n) is 6.90. The predicted molar refractivity (Wildman–Crippen MR) is 104 cm³/mol. The molecule has 0 spiro atoms. The lowest BCUT2D eigenvalue weighted by Crippen LogP contribution is -2.27. The molecule has 1 unspecified atom stereocenters. The highest BCUT2D eigenvalue weighted by Gasteiger charge is 2.26. The van der Waals surface area contributed by atoms with Crippen molar-refractivity contribution >= 4 is 16.8 Å². The Bertz CT molecular complexity index is 937. The third-order valence-corrected chi connectivity index (χ3v) is 5.17. The van der Waals surface area contributed by atoms with Crippen LogP contribution in [-0.2, 0) is 6.54 Å². The Kier molecular flexibility index (Phi) is 4.67. The summed E-state index contributed by atoms with van der Waals surface area (Å²) in [6.07, 6.45) is 2.28. The summed E-state index contributed by atoms with van der Waals surface area (Å²) in [5.74, 6) is -0.0316. The number of hydrogen-bond acceptors (Lipinski definition) is 3. The zero-order valence-corrected chi connectivity index (χ0v) is 15.0. The van der Waals surface area contributed by atoms with Crippen LogP contribution >= 0.6 is 0 Å². The molecule has 0 radical (unpaired) electrons. The number of pyridine rings is 1. The summed E-state index contributed by atoms with van der Waals surface area (Å²) >= 11 is 0. The third kappa shape index (κ3) is 3.33. The smallest absolute Gasteiger partial charge is 0.251 e. The monoisotopic (exact) mass is 345 g/mol. The molecular formula is C22H23N3O. The molecule has 1 N–H and O–H groups in total. The quantitative estimate of drug-likeness (QED) is 0.779. The fourth-order valence-electron chi connectivity index (χ4n) is 3.77. The number of nitrogens with zero attached hydrogens (tertiary/aromatic N) is 2. The molecule has 0 saturated carbocycles. The average molecular weight is 345 g/mol. The van der Waals surface area contributed by atoms with E-state index in [0.717, 1.165) is 40.7 Å². The van der Waals surface area contributed by atoms with Gasteiger partial charge in [-0.15, -0.1) is 0 Å². The zero-order chi connectivity index (χ0) is 17.9. The molecule has 1 atom stereocenters. The summed E-state index contributed by atoms with van der Waals surface area (Å²) in [6, 6.07) is 20.3. The first kappa shape index (κ1) is 16.7. The number of nitrogens with one attached hydrogen (secondary N) is 1. The second-order valence-corrected chi connectivity index (χ2v) is 6.90. The van der Waals surface area contributed by atoms with E-state index in [1.807, 2.05) is 54.6 Å². The van der Waals surface area contributed by atoms with E-state index in [1.54, 1.807) is 0 Å². The van der Waals surface area contributed by atoms with Crippen LogP contribution in [0.5, 0.6) is 0 Å². The van der Waals surface area contributed by atoms with Gasteiger partial charge in [-0.2, -0.15) is 0 Å². The topological polar surface area (TPSA) is 45.2 Å². The lowest BCUT2D eigenvalue weighted by molar-refractivity contribution is 0.0948. The number of fused-ring (bicyclic) bond motifs is 1. The minimum absolute atomic E-state index is 0.0316. The maximum Gasteiger partial charge on any atom is 0.251 e. The minimum atomic E-state index is -0.0316. The maximum absolute atomic E-state index is 12.8. The fourth-order valence-corrected chi connectivity index (χ4v) is 3.77. The van der Waals surface area contributed by atoms with Gasteiger partial charge in [-0.05, 0) is 50.2 Å². The van der Waals surface area contributed by atoms with Crippen LogP contribution in [0.4, 0.5) is 0 Å². The Morgan fingerprint density at radius 3 is 2.77 bits per heavy atom. The van der Waals surface area contributed by atoms with Gasteiger partial charge in [0.15, 0.2) is 0 Å². The third-order valence-electron chi connectivity index (χ3n) is 5.17. The van der Waals surface area contributed by atoms with Crippen LogP contribution in [0.15, 0.2) is 60.7 Å². The average Bonchev–Trinajstić information content (AvgIpc) is 3.11. The summed E-state index contributed by atoms with van der Waals surface area (Å²) in [7, 11) is 2.13. The van der Waals surface area contributed by atoms with Crippen LogP contribution in [0.25, 0.3) is 10.9 Å². The molecule has 1 aromatic heterocycles. The summed E-state index contributed by atoms with van der Waals surface area (Å²) < 4.78 is 0. The van der Waals surface area contributed by atoms with Crippen molar-refractivity contribution in [2.24, 2.45) is 0 Å². The van der Waals surface area contributed by atoms with Gasteiger partial charge < -0.3 is 5.32 Å². The van der Waals surface area contributed by atoms with Crippen LogP contribution in [-0.4, -0.2) is 29.4 Å². The molecule has 2 heterocycles. The highest BCUT2D eigenvalue weighted by Crippen LogP contribution is 2.32. The van der Waals surface area contributed by atoms with Crippen molar-refractivity contribution in [3.63, 3.8) is 0 Å². The van der Waals surface area contributed by atoms with Crippen molar-refractivity contribution < 1.29 is 4.79 Å². The van der Waals surface area contributed by atoms with Gasteiger partial charge in [0.05, 0.1) is 17.8 Å². The molecule has 1 fully saturated rings. The molecule has 3 aromatic rings. The van der Waals surface area contributed by atoms with Crippen LogP contribution in [0, 0.1) is 0 Å². The number of carbonyl (C=O) groups is 1. The van der Waals surface area contributed by atoms with E-state index in [9.17, 15) is 4.79 Å². The van der Waals surface area contributed by atoms with Gasteiger partial charge in [-0.3, -0.25) is 14.7 Å². The number of hydrogen-bond donors (Lipinski definition) is 1. The molecular weight excluding hydrogens is 322 g/mol. The number of carbonyl (C=O) groups excluding carboxylic acids is 1. The Labute approximate surface area is 153 Å². The van der Waals surface area contributed by atoms with E-state index in [4.69, 9.17) is 0 Å². The van der Waals surface area contributed by atoms with Crippen molar-refractivity contribution in [2.45, 2.75) is 25.4 Å². The van der Waals surface area contributed by atoms with E-state index in [-0.39, 0.29) is 5.91 Å². The molecule has 1 saturated heterocycles. The second kappa shape index (κ2) is 7.26.